The van der Waals surface area contributed by atoms with Gasteiger partial charge in [0.25, 0.3) is 0 Å². The topological polar surface area (TPSA) is 63.6 Å². The monoisotopic (exact) mass is 613 g/mol. The predicted molar refractivity (Wildman–Crippen MR) is 190 cm³/mol. The van der Waals surface area contributed by atoms with Gasteiger partial charge in [0.05, 0.1) is 0 Å². The van der Waals surface area contributed by atoms with Gasteiger partial charge in [0.2, 0.25) is 0 Å². The van der Waals surface area contributed by atoms with Crippen LogP contribution in [-0.2, 0) is 14.3 Å². The highest BCUT2D eigenvalue weighted by Crippen LogP contribution is 2.17. The molecule has 252 valence electrons. The standard InChI is InChI=1S/C40H68O4/c1-3-5-7-9-11-13-15-16-17-18-20-22-24-29-33-37-40(43)44-38(35-31-27-25-28-32-36-39(41)42)34-30-26-23-21-19-14-12-10-8-6-4-2/h5,7,11,13,16-17,20-23,38H,3-4,6,8-10,12,14-15,18-19,24-37H2,1-2H3,(H,41,42)/b7-5-,13-11-,17-16-,22-20-,23-21-. The molecule has 0 heterocycles. The van der Waals surface area contributed by atoms with E-state index in [0.717, 1.165) is 103 Å². The van der Waals surface area contributed by atoms with Crippen molar-refractivity contribution in [2.75, 3.05) is 0 Å². The summed E-state index contributed by atoms with van der Waals surface area (Å²) in [5, 5.41) is 8.80. The number of hydrogen-bond acceptors (Lipinski definition) is 3. The summed E-state index contributed by atoms with van der Waals surface area (Å²) in [6.07, 6.45) is 48.0. The molecule has 0 aliphatic rings. The molecule has 0 radical (unpaired) electrons. The van der Waals surface area contributed by atoms with Crippen LogP contribution in [0.25, 0.3) is 0 Å². The van der Waals surface area contributed by atoms with Crippen molar-refractivity contribution >= 4 is 11.9 Å². The number of esters is 1. The number of carboxylic acids is 1. The molecule has 0 aromatic rings. The summed E-state index contributed by atoms with van der Waals surface area (Å²) in [6, 6.07) is 0. The molecule has 0 rings (SSSR count). The molecule has 0 fully saturated rings. The number of allylic oxidation sites excluding steroid dienone is 10. The highest BCUT2D eigenvalue weighted by Gasteiger charge is 2.14. The lowest BCUT2D eigenvalue weighted by Gasteiger charge is -2.18. The third-order valence-electron chi connectivity index (χ3n) is 7.72. The van der Waals surface area contributed by atoms with Crippen LogP contribution < -0.4 is 0 Å². The third-order valence-corrected chi connectivity index (χ3v) is 7.72. The maximum Gasteiger partial charge on any atom is 0.306 e. The van der Waals surface area contributed by atoms with E-state index < -0.39 is 5.97 Å². The zero-order valence-corrected chi connectivity index (χ0v) is 28.7. The van der Waals surface area contributed by atoms with Crippen LogP contribution in [0.2, 0.25) is 0 Å². The Balaban J connectivity index is 4.20. The first-order valence-electron chi connectivity index (χ1n) is 18.3. The van der Waals surface area contributed by atoms with Crippen LogP contribution in [0.4, 0.5) is 0 Å². The fourth-order valence-corrected chi connectivity index (χ4v) is 5.06. The summed E-state index contributed by atoms with van der Waals surface area (Å²) in [6.45, 7) is 4.41. The second-order valence-corrected chi connectivity index (χ2v) is 12.0. The molecule has 1 unspecified atom stereocenters. The van der Waals surface area contributed by atoms with Gasteiger partial charge in [0, 0.05) is 12.8 Å². The molecular weight excluding hydrogens is 544 g/mol. The van der Waals surface area contributed by atoms with Crippen molar-refractivity contribution in [1.29, 1.82) is 0 Å². The minimum atomic E-state index is -0.712. The van der Waals surface area contributed by atoms with E-state index in [1.165, 1.54) is 44.9 Å². The van der Waals surface area contributed by atoms with Crippen molar-refractivity contribution in [1.82, 2.24) is 0 Å². The molecule has 0 aromatic heterocycles. The van der Waals surface area contributed by atoms with Gasteiger partial charge in [0.1, 0.15) is 6.10 Å². The van der Waals surface area contributed by atoms with Gasteiger partial charge in [-0.3, -0.25) is 9.59 Å². The average Bonchev–Trinajstić information content (AvgIpc) is 3.00. The van der Waals surface area contributed by atoms with Gasteiger partial charge in [-0.1, -0.05) is 126 Å². The summed E-state index contributed by atoms with van der Waals surface area (Å²) in [5.41, 5.74) is 0. The maximum atomic E-state index is 12.6. The molecule has 0 bridgehead atoms. The number of rotatable bonds is 32. The number of unbranched alkanes of at least 4 members (excludes halogenated alkanes) is 13. The van der Waals surface area contributed by atoms with Gasteiger partial charge >= 0.3 is 11.9 Å². The zero-order valence-electron chi connectivity index (χ0n) is 28.7. The van der Waals surface area contributed by atoms with E-state index in [2.05, 4.69) is 74.6 Å². The van der Waals surface area contributed by atoms with Gasteiger partial charge in [-0.25, -0.2) is 0 Å². The SMILES string of the molecule is CC/C=C\C/C=C\C/C=C\C/C=C\CCCCC(=O)OC(CCC/C=C\CCCCCCCC)CCCCCCCC(=O)O. The van der Waals surface area contributed by atoms with Crippen molar-refractivity contribution in [3.05, 3.63) is 60.8 Å². The van der Waals surface area contributed by atoms with E-state index in [1.807, 2.05) is 0 Å². The fourth-order valence-electron chi connectivity index (χ4n) is 5.06. The molecule has 44 heavy (non-hydrogen) atoms. The van der Waals surface area contributed by atoms with Crippen LogP contribution in [-0.4, -0.2) is 23.1 Å². The number of carbonyl (C=O) groups excluding carboxylic acids is 1. The van der Waals surface area contributed by atoms with Crippen LogP contribution in [0.1, 0.15) is 174 Å². The van der Waals surface area contributed by atoms with Crippen LogP contribution in [0.15, 0.2) is 60.8 Å². The lowest BCUT2D eigenvalue weighted by molar-refractivity contribution is -0.150. The van der Waals surface area contributed by atoms with E-state index in [-0.39, 0.29) is 18.5 Å². The summed E-state index contributed by atoms with van der Waals surface area (Å²) >= 11 is 0. The Morgan fingerprint density at radius 2 is 0.977 bits per heavy atom. The molecule has 0 aliphatic carbocycles. The van der Waals surface area contributed by atoms with Crippen molar-refractivity contribution in [3.63, 3.8) is 0 Å². The highest BCUT2D eigenvalue weighted by atomic mass is 16.5. The number of carbonyl (C=O) groups is 2. The molecule has 1 atom stereocenters. The lowest BCUT2D eigenvalue weighted by Crippen LogP contribution is -2.18. The van der Waals surface area contributed by atoms with Crippen molar-refractivity contribution in [2.24, 2.45) is 0 Å². The van der Waals surface area contributed by atoms with E-state index >= 15 is 0 Å². The number of hydrogen-bond donors (Lipinski definition) is 1. The second kappa shape index (κ2) is 35.1. The molecule has 0 saturated heterocycles. The smallest absolute Gasteiger partial charge is 0.306 e. The van der Waals surface area contributed by atoms with Gasteiger partial charge < -0.3 is 9.84 Å². The van der Waals surface area contributed by atoms with Crippen LogP contribution in [0.3, 0.4) is 0 Å². The summed E-state index contributed by atoms with van der Waals surface area (Å²) in [5.74, 6) is -0.767. The van der Waals surface area contributed by atoms with Crippen LogP contribution in [0.5, 0.6) is 0 Å². The molecule has 0 amide bonds. The van der Waals surface area contributed by atoms with Crippen LogP contribution >= 0.6 is 0 Å². The first-order valence-corrected chi connectivity index (χ1v) is 18.3. The Hall–Kier alpha value is -2.36. The molecule has 4 heteroatoms. The quantitative estimate of drug-likeness (QED) is 0.0466. The zero-order chi connectivity index (χ0) is 32.2. The maximum absolute atomic E-state index is 12.6. The minimum absolute atomic E-state index is 0.00261. The van der Waals surface area contributed by atoms with Crippen molar-refractivity contribution in [2.45, 2.75) is 180 Å². The van der Waals surface area contributed by atoms with E-state index in [1.54, 1.807) is 0 Å². The summed E-state index contributed by atoms with van der Waals surface area (Å²) in [4.78, 5) is 23.3. The molecular formula is C40H68O4. The molecule has 0 aliphatic heterocycles. The lowest BCUT2D eigenvalue weighted by atomic mass is 10.0. The van der Waals surface area contributed by atoms with E-state index in [9.17, 15) is 9.59 Å². The molecule has 4 nitrogen and oxygen atoms in total. The fraction of sp³-hybridized carbons (Fsp3) is 0.700. The van der Waals surface area contributed by atoms with E-state index in [0.29, 0.717) is 6.42 Å². The predicted octanol–water partition coefficient (Wildman–Crippen LogP) is 12.6. The average molecular weight is 613 g/mol. The minimum Gasteiger partial charge on any atom is -0.481 e. The Morgan fingerprint density at radius 1 is 0.523 bits per heavy atom. The Kier molecular flexibility index (Phi) is 33.2. The van der Waals surface area contributed by atoms with Gasteiger partial charge in [0.15, 0.2) is 0 Å². The normalized spacial score (nSPS) is 13.0. The summed E-state index contributed by atoms with van der Waals surface area (Å²) < 4.78 is 5.94. The van der Waals surface area contributed by atoms with E-state index in [4.69, 9.17) is 9.84 Å². The van der Waals surface area contributed by atoms with Gasteiger partial charge in [-0.15, -0.1) is 0 Å². The number of ether oxygens (including phenoxy) is 1. The Labute approximate surface area is 272 Å². The van der Waals surface area contributed by atoms with Crippen molar-refractivity contribution < 1.29 is 19.4 Å². The van der Waals surface area contributed by atoms with Gasteiger partial charge in [-0.05, 0) is 96.3 Å². The first kappa shape index (κ1) is 41.6. The third kappa shape index (κ3) is 34.1. The number of carboxylic acid groups (broad SMARTS) is 1. The second-order valence-electron chi connectivity index (χ2n) is 12.0. The number of aliphatic carboxylic acids is 1. The Bertz CT molecular complexity index is 789. The van der Waals surface area contributed by atoms with Crippen molar-refractivity contribution in [3.8, 4) is 0 Å². The molecule has 0 spiro atoms. The molecule has 0 aromatic carbocycles. The molecule has 1 N–H and O–H groups in total. The Morgan fingerprint density at radius 3 is 1.61 bits per heavy atom. The molecule has 0 saturated carbocycles. The van der Waals surface area contributed by atoms with Gasteiger partial charge in [-0.2, -0.15) is 0 Å². The summed E-state index contributed by atoms with van der Waals surface area (Å²) in [7, 11) is 0. The highest BCUT2D eigenvalue weighted by molar-refractivity contribution is 5.69. The first-order chi connectivity index (χ1) is 21.6. The largest absolute Gasteiger partial charge is 0.481 e. The van der Waals surface area contributed by atoms with Crippen LogP contribution in [0, 0.1) is 0 Å².